The molecule has 2 aromatic rings. The lowest BCUT2D eigenvalue weighted by Crippen LogP contribution is -2.91. The molecule has 1 amide bonds. The second kappa shape index (κ2) is 7.66. The van der Waals surface area contributed by atoms with Crippen LogP contribution in [-0.4, -0.2) is 11.9 Å². The van der Waals surface area contributed by atoms with E-state index < -0.39 is 17.7 Å². The zero-order valence-corrected chi connectivity index (χ0v) is 13.4. The summed E-state index contributed by atoms with van der Waals surface area (Å²) in [6, 6.07) is 11.1. The Balaban J connectivity index is 1.98. The van der Waals surface area contributed by atoms with Crippen LogP contribution in [-0.2, 0) is 4.79 Å². The number of nitrogens with zero attached hydrogens (tertiary/aromatic N) is 1. The van der Waals surface area contributed by atoms with Crippen LogP contribution in [0.25, 0.3) is 0 Å². The highest BCUT2D eigenvalue weighted by Gasteiger charge is 2.22. The van der Waals surface area contributed by atoms with Gasteiger partial charge in [0.15, 0.2) is 6.04 Å². The summed E-state index contributed by atoms with van der Waals surface area (Å²) in [5, 5.41) is 13.2. The van der Waals surface area contributed by atoms with E-state index in [0.29, 0.717) is 16.8 Å². The van der Waals surface area contributed by atoms with Gasteiger partial charge in [0.2, 0.25) is 0 Å². The predicted octanol–water partition coefficient (Wildman–Crippen LogP) is 2.49. The fourth-order valence-electron chi connectivity index (χ4n) is 2.38. The monoisotopic (exact) mass is 330 g/mol. The Labute approximate surface area is 139 Å². The number of halogens is 2. The fourth-order valence-corrected chi connectivity index (χ4v) is 2.38. The zero-order chi connectivity index (χ0) is 17.7. The summed E-state index contributed by atoms with van der Waals surface area (Å²) >= 11 is 0. The highest BCUT2D eigenvalue weighted by molar-refractivity contribution is 5.93. The fraction of sp³-hybridized carbons (Fsp3) is 0.222. The SMILES string of the molecule is C[C@H]([NH2+][C@@H](C)c1ccc(F)cc1F)C(=O)Nc1ccc(C#N)cc1. The number of rotatable bonds is 5. The maximum Gasteiger partial charge on any atom is 0.282 e. The predicted molar refractivity (Wildman–Crippen MR) is 85.9 cm³/mol. The van der Waals surface area contributed by atoms with Crippen molar-refractivity contribution in [3.8, 4) is 6.07 Å². The number of nitrogens with one attached hydrogen (secondary N) is 1. The molecule has 2 rings (SSSR count). The summed E-state index contributed by atoms with van der Waals surface area (Å²) in [4.78, 5) is 12.2. The average Bonchev–Trinajstić information content (AvgIpc) is 2.55. The van der Waals surface area contributed by atoms with Crippen LogP contribution in [0, 0.1) is 23.0 Å². The Morgan fingerprint density at radius 3 is 2.42 bits per heavy atom. The Hall–Kier alpha value is -2.78. The summed E-state index contributed by atoms with van der Waals surface area (Å²) in [5.74, 6) is -1.50. The molecule has 3 N–H and O–H groups in total. The van der Waals surface area contributed by atoms with E-state index in [1.165, 1.54) is 12.1 Å². The van der Waals surface area contributed by atoms with Crippen molar-refractivity contribution in [2.24, 2.45) is 0 Å². The number of carbonyl (C=O) groups excluding carboxylic acids is 1. The molecule has 124 valence electrons. The van der Waals surface area contributed by atoms with Gasteiger partial charge in [-0.2, -0.15) is 5.26 Å². The van der Waals surface area contributed by atoms with Gasteiger partial charge in [0, 0.05) is 17.3 Å². The van der Waals surface area contributed by atoms with Gasteiger partial charge in [-0.05, 0) is 50.2 Å². The molecule has 0 aliphatic rings. The Morgan fingerprint density at radius 1 is 1.17 bits per heavy atom. The van der Waals surface area contributed by atoms with Crippen LogP contribution in [0.1, 0.15) is 31.0 Å². The van der Waals surface area contributed by atoms with Crippen molar-refractivity contribution in [2.45, 2.75) is 25.9 Å². The molecule has 0 unspecified atom stereocenters. The second-order valence-electron chi connectivity index (χ2n) is 5.61. The molecule has 4 nitrogen and oxygen atoms in total. The highest BCUT2D eigenvalue weighted by atomic mass is 19.1. The lowest BCUT2D eigenvalue weighted by Gasteiger charge is -2.17. The average molecular weight is 330 g/mol. The first-order valence-electron chi connectivity index (χ1n) is 7.51. The summed E-state index contributed by atoms with van der Waals surface area (Å²) < 4.78 is 26.7. The molecular formula is C18H18F2N3O+. The van der Waals surface area contributed by atoms with Gasteiger partial charge in [-0.1, -0.05) is 0 Å². The van der Waals surface area contributed by atoms with Crippen molar-refractivity contribution in [3.05, 3.63) is 65.2 Å². The van der Waals surface area contributed by atoms with Crippen molar-refractivity contribution >= 4 is 11.6 Å². The van der Waals surface area contributed by atoms with E-state index in [9.17, 15) is 13.6 Å². The number of hydrogen-bond acceptors (Lipinski definition) is 2. The first-order chi connectivity index (χ1) is 11.4. The molecule has 0 saturated carbocycles. The third-order valence-corrected chi connectivity index (χ3v) is 3.73. The minimum absolute atomic E-state index is 0.242. The van der Waals surface area contributed by atoms with Gasteiger partial charge in [0.25, 0.3) is 5.91 Å². The number of anilines is 1. The molecule has 0 aliphatic heterocycles. The van der Waals surface area contributed by atoms with E-state index in [2.05, 4.69) is 5.32 Å². The van der Waals surface area contributed by atoms with Crippen LogP contribution < -0.4 is 10.6 Å². The summed E-state index contributed by atoms with van der Waals surface area (Å²) in [6.07, 6.45) is 0. The van der Waals surface area contributed by atoms with Crippen LogP contribution in [0.4, 0.5) is 14.5 Å². The van der Waals surface area contributed by atoms with E-state index in [0.717, 1.165) is 6.07 Å². The lowest BCUT2D eigenvalue weighted by molar-refractivity contribution is -0.710. The molecule has 2 atom stereocenters. The van der Waals surface area contributed by atoms with Gasteiger partial charge in [-0.25, -0.2) is 8.78 Å². The topological polar surface area (TPSA) is 69.5 Å². The van der Waals surface area contributed by atoms with Crippen molar-refractivity contribution in [2.75, 3.05) is 5.32 Å². The molecule has 0 saturated heterocycles. The molecule has 0 aliphatic carbocycles. The lowest BCUT2D eigenvalue weighted by atomic mass is 10.1. The first kappa shape index (κ1) is 17.6. The Bertz CT molecular complexity index is 769. The minimum Gasteiger partial charge on any atom is -0.330 e. The van der Waals surface area contributed by atoms with E-state index in [1.807, 2.05) is 6.07 Å². The third kappa shape index (κ3) is 4.37. The summed E-state index contributed by atoms with van der Waals surface area (Å²) in [5.41, 5.74) is 1.43. The van der Waals surface area contributed by atoms with Gasteiger partial charge in [0.05, 0.1) is 11.6 Å². The molecule has 0 aromatic heterocycles. The molecule has 0 heterocycles. The molecular weight excluding hydrogens is 312 g/mol. The van der Waals surface area contributed by atoms with Gasteiger partial charge in [0.1, 0.15) is 17.7 Å². The standard InChI is InChI=1S/C18H17F2N3O/c1-11(16-8-5-14(19)9-17(16)20)22-12(2)18(24)23-15-6-3-13(10-21)4-7-15/h3-9,11-12,22H,1-2H3,(H,23,24)/p+1/t11-,12-/m0/s1. The molecule has 0 radical (unpaired) electrons. The quantitative estimate of drug-likeness (QED) is 0.884. The van der Waals surface area contributed by atoms with E-state index in [-0.39, 0.29) is 11.9 Å². The van der Waals surface area contributed by atoms with E-state index in [4.69, 9.17) is 5.26 Å². The number of quaternary nitrogens is 1. The first-order valence-corrected chi connectivity index (χ1v) is 7.51. The van der Waals surface area contributed by atoms with Crippen LogP contribution >= 0.6 is 0 Å². The normalized spacial score (nSPS) is 13.0. The maximum atomic E-state index is 13.8. The van der Waals surface area contributed by atoms with E-state index in [1.54, 1.807) is 43.4 Å². The Morgan fingerprint density at radius 2 is 1.83 bits per heavy atom. The third-order valence-electron chi connectivity index (χ3n) is 3.73. The molecule has 0 bridgehead atoms. The van der Waals surface area contributed by atoms with Gasteiger partial charge >= 0.3 is 0 Å². The maximum absolute atomic E-state index is 13.8. The number of hydrogen-bond donors (Lipinski definition) is 2. The number of nitrogens with two attached hydrogens (primary N) is 1. The van der Waals surface area contributed by atoms with E-state index >= 15 is 0 Å². The van der Waals surface area contributed by atoms with Gasteiger partial charge in [-0.15, -0.1) is 0 Å². The smallest absolute Gasteiger partial charge is 0.282 e. The van der Waals surface area contributed by atoms with Gasteiger partial charge in [-0.3, -0.25) is 4.79 Å². The van der Waals surface area contributed by atoms with Crippen molar-refractivity contribution in [1.82, 2.24) is 0 Å². The summed E-state index contributed by atoms with van der Waals surface area (Å²) in [6.45, 7) is 3.46. The van der Waals surface area contributed by atoms with Crippen LogP contribution in [0.5, 0.6) is 0 Å². The molecule has 24 heavy (non-hydrogen) atoms. The number of carbonyl (C=O) groups is 1. The van der Waals surface area contributed by atoms with Crippen molar-refractivity contribution in [3.63, 3.8) is 0 Å². The summed E-state index contributed by atoms with van der Waals surface area (Å²) in [7, 11) is 0. The Kier molecular flexibility index (Phi) is 5.61. The largest absolute Gasteiger partial charge is 0.330 e. The number of nitriles is 1. The van der Waals surface area contributed by atoms with Crippen molar-refractivity contribution < 1.29 is 18.9 Å². The second-order valence-corrected chi connectivity index (χ2v) is 5.61. The van der Waals surface area contributed by atoms with Crippen LogP contribution in [0.3, 0.4) is 0 Å². The zero-order valence-electron chi connectivity index (χ0n) is 13.4. The molecule has 0 spiro atoms. The van der Waals surface area contributed by atoms with Crippen LogP contribution in [0.2, 0.25) is 0 Å². The number of amides is 1. The van der Waals surface area contributed by atoms with Gasteiger partial charge < -0.3 is 10.6 Å². The minimum atomic E-state index is -0.630. The number of benzene rings is 2. The molecule has 2 aromatic carbocycles. The van der Waals surface area contributed by atoms with Crippen LogP contribution in [0.15, 0.2) is 42.5 Å². The highest BCUT2D eigenvalue weighted by Crippen LogP contribution is 2.15. The molecule has 0 fully saturated rings. The van der Waals surface area contributed by atoms with Crippen molar-refractivity contribution in [1.29, 1.82) is 5.26 Å². The molecule has 6 heteroatoms.